The van der Waals surface area contributed by atoms with Crippen molar-refractivity contribution in [1.82, 2.24) is 0 Å². The van der Waals surface area contributed by atoms with Crippen LogP contribution in [0.3, 0.4) is 0 Å². The number of ether oxygens (including phenoxy) is 1. The van der Waals surface area contributed by atoms with Gasteiger partial charge in [0.15, 0.2) is 0 Å². The minimum absolute atomic E-state index is 0.174. The molecule has 12 heavy (non-hydrogen) atoms. The molecule has 0 saturated heterocycles. The first-order valence-electron chi connectivity index (χ1n) is 4.20. The van der Waals surface area contributed by atoms with Gasteiger partial charge in [0.25, 0.3) is 0 Å². The first-order chi connectivity index (χ1) is 5.74. The summed E-state index contributed by atoms with van der Waals surface area (Å²) in [6, 6.07) is 0. The molecular weight excluding hydrogens is 191 g/mol. The smallest absolute Gasteiger partial charge is 0.146 e. The van der Waals surface area contributed by atoms with Crippen LogP contribution in [0.2, 0.25) is 0 Å². The van der Waals surface area contributed by atoms with E-state index in [1.54, 1.807) is 0 Å². The first kappa shape index (κ1) is 12.5. The average molecular weight is 210 g/mol. The highest BCUT2D eigenvalue weighted by Crippen LogP contribution is 2.05. The van der Waals surface area contributed by atoms with Crippen molar-refractivity contribution in [2.45, 2.75) is 32.5 Å². The monoisotopic (exact) mass is 210 g/mol. The highest BCUT2D eigenvalue weighted by Gasteiger charge is 2.10. The highest BCUT2D eigenvalue weighted by molar-refractivity contribution is 7.09. The van der Waals surface area contributed by atoms with Gasteiger partial charge in [-0.2, -0.15) is 0 Å². The van der Waals surface area contributed by atoms with Crippen LogP contribution in [0.1, 0.15) is 20.3 Å². The lowest BCUT2D eigenvalue weighted by Crippen LogP contribution is -2.25. The second-order valence-corrected chi connectivity index (χ2v) is 3.68. The van der Waals surface area contributed by atoms with Crippen LogP contribution < -0.4 is 0 Å². The fourth-order valence-electron chi connectivity index (χ4n) is 0.963. The summed E-state index contributed by atoms with van der Waals surface area (Å²) in [5.41, 5.74) is 0. The van der Waals surface area contributed by atoms with Crippen LogP contribution in [0.5, 0.6) is 0 Å². The van der Waals surface area contributed by atoms with E-state index in [0.717, 1.165) is 16.9 Å². The summed E-state index contributed by atoms with van der Waals surface area (Å²) in [7, 11) is 3.01. The molecule has 0 bridgehead atoms. The van der Waals surface area contributed by atoms with Crippen LogP contribution in [0, 0.1) is 0 Å². The van der Waals surface area contributed by atoms with E-state index in [1.165, 1.54) is 0 Å². The van der Waals surface area contributed by atoms with Crippen LogP contribution in [0.15, 0.2) is 0 Å². The molecule has 0 aromatic heterocycles. The molecule has 0 aliphatic heterocycles. The van der Waals surface area contributed by atoms with E-state index in [4.69, 9.17) is 13.7 Å². The van der Waals surface area contributed by atoms with E-state index in [1.807, 2.05) is 6.92 Å². The third-order valence-electron chi connectivity index (χ3n) is 1.56. The summed E-state index contributed by atoms with van der Waals surface area (Å²) in [6.45, 7) is 5.43. The van der Waals surface area contributed by atoms with Crippen LogP contribution in [-0.4, -0.2) is 35.9 Å². The average Bonchev–Trinajstić information content (AvgIpc) is 2.04. The second kappa shape index (κ2) is 8.14. The second-order valence-electron chi connectivity index (χ2n) is 2.77. The zero-order valence-corrected chi connectivity index (χ0v) is 11.2. The minimum Gasteiger partial charge on any atom is -0.425 e. The quantitative estimate of drug-likeness (QED) is 0.446. The van der Waals surface area contributed by atoms with Gasteiger partial charge in [0.2, 0.25) is 0 Å². The lowest BCUT2D eigenvalue weighted by atomic mass is 10.3. The summed E-state index contributed by atoms with van der Waals surface area (Å²) in [5, 5.41) is 0. The SMILES string of the molecule is CC[C@H](COP)O[C@@H](C)CO[SiH3]. The Kier molecular flexibility index (Phi) is 8.50. The van der Waals surface area contributed by atoms with E-state index in [9.17, 15) is 0 Å². The molecule has 0 aliphatic carbocycles. The van der Waals surface area contributed by atoms with Crippen LogP contribution >= 0.6 is 9.47 Å². The molecule has 0 fully saturated rings. The molecule has 0 N–H and O–H groups in total. The van der Waals surface area contributed by atoms with Gasteiger partial charge in [0.05, 0.1) is 25.4 Å². The molecule has 0 aromatic rings. The first-order valence-corrected chi connectivity index (χ1v) is 5.49. The van der Waals surface area contributed by atoms with Gasteiger partial charge in [-0.05, 0) is 13.3 Å². The van der Waals surface area contributed by atoms with Gasteiger partial charge in [0, 0.05) is 9.47 Å². The van der Waals surface area contributed by atoms with E-state index in [0.29, 0.717) is 13.2 Å². The van der Waals surface area contributed by atoms with Crippen LogP contribution in [0.4, 0.5) is 0 Å². The zero-order valence-electron chi connectivity index (χ0n) is 8.08. The van der Waals surface area contributed by atoms with Crippen LogP contribution in [-0.2, 0) is 13.7 Å². The Morgan fingerprint density at radius 3 is 2.50 bits per heavy atom. The Bertz CT molecular complexity index is 105. The largest absolute Gasteiger partial charge is 0.425 e. The summed E-state index contributed by atoms with van der Waals surface area (Å²) in [5.74, 6) is 0. The van der Waals surface area contributed by atoms with Gasteiger partial charge in [-0.25, -0.2) is 0 Å². The van der Waals surface area contributed by atoms with Crippen molar-refractivity contribution in [3.8, 4) is 0 Å². The van der Waals surface area contributed by atoms with Crippen molar-refractivity contribution in [1.29, 1.82) is 0 Å². The Morgan fingerprint density at radius 1 is 1.42 bits per heavy atom. The predicted octanol–water partition coefficient (Wildman–Crippen LogP) is 0.274. The number of hydrogen-bond donors (Lipinski definition) is 0. The molecule has 0 heterocycles. The van der Waals surface area contributed by atoms with Crippen molar-refractivity contribution in [2.75, 3.05) is 13.2 Å². The summed E-state index contributed by atoms with van der Waals surface area (Å²) in [4.78, 5) is 0. The molecule has 0 spiro atoms. The molecule has 3 nitrogen and oxygen atoms in total. The predicted molar refractivity (Wildman–Crippen MR) is 56.2 cm³/mol. The molecule has 0 saturated carbocycles. The lowest BCUT2D eigenvalue weighted by molar-refractivity contribution is -0.0406. The minimum atomic E-state index is 0.174. The highest BCUT2D eigenvalue weighted by atomic mass is 31.0. The normalized spacial score (nSPS) is 16.2. The van der Waals surface area contributed by atoms with Gasteiger partial charge >= 0.3 is 0 Å². The number of hydrogen-bond acceptors (Lipinski definition) is 3. The Labute approximate surface area is 80.0 Å². The molecule has 5 heteroatoms. The van der Waals surface area contributed by atoms with Gasteiger partial charge in [0.1, 0.15) is 10.5 Å². The van der Waals surface area contributed by atoms with Crippen molar-refractivity contribution in [3.63, 3.8) is 0 Å². The van der Waals surface area contributed by atoms with Crippen molar-refractivity contribution in [2.24, 2.45) is 0 Å². The Morgan fingerprint density at radius 2 is 2.08 bits per heavy atom. The van der Waals surface area contributed by atoms with Gasteiger partial charge in [-0.3, -0.25) is 0 Å². The van der Waals surface area contributed by atoms with Crippen molar-refractivity contribution in [3.05, 3.63) is 0 Å². The zero-order chi connectivity index (χ0) is 9.40. The van der Waals surface area contributed by atoms with Crippen LogP contribution in [0.25, 0.3) is 0 Å². The molecule has 0 radical (unpaired) electrons. The van der Waals surface area contributed by atoms with Gasteiger partial charge in [-0.15, -0.1) is 0 Å². The summed E-state index contributed by atoms with van der Waals surface area (Å²) in [6.07, 6.45) is 1.33. The van der Waals surface area contributed by atoms with E-state index in [2.05, 4.69) is 16.4 Å². The topological polar surface area (TPSA) is 27.7 Å². The third kappa shape index (κ3) is 6.09. The van der Waals surface area contributed by atoms with Crippen molar-refractivity contribution >= 4 is 20.0 Å². The fraction of sp³-hybridized carbons (Fsp3) is 1.00. The number of rotatable bonds is 7. The molecule has 0 aromatic carbocycles. The standard InChI is InChI=1S/C7H19O3PSi/c1-3-7(5-8-11)10-6(2)4-9-12/h6-7H,3-5,11H2,1-2,12H3/t6-,7+/m0/s1. The van der Waals surface area contributed by atoms with Gasteiger partial charge in [-0.1, -0.05) is 6.92 Å². The van der Waals surface area contributed by atoms with Crippen molar-refractivity contribution < 1.29 is 13.7 Å². The molecular formula is C7H19O3PSi. The molecule has 74 valence electrons. The molecule has 0 amide bonds. The summed E-state index contributed by atoms with van der Waals surface area (Å²) >= 11 is 0. The molecule has 3 atom stereocenters. The maximum Gasteiger partial charge on any atom is 0.146 e. The Hall–Kier alpha value is 0.527. The van der Waals surface area contributed by atoms with E-state index < -0.39 is 0 Å². The summed E-state index contributed by atoms with van der Waals surface area (Å²) < 4.78 is 15.7. The fourth-order valence-corrected chi connectivity index (χ4v) is 1.65. The van der Waals surface area contributed by atoms with E-state index >= 15 is 0 Å². The molecule has 0 rings (SSSR count). The van der Waals surface area contributed by atoms with Gasteiger partial charge < -0.3 is 13.7 Å². The third-order valence-corrected chi connectivity index (χ3v) is 2.09. The Balaban J connectivity index is 3.53. The maximum atomic E-state index is 5.64. The maximum absolute atomic E-state index is 5.64. The molecule has 1 unspecified atom stereocenters. The molecule has 0 aliphatic rings. The lowest BCUT2D eigenvalue weighted by Gasteiger charge is -2.20. The van der Waals surface area contributed by atoms with E-state index in [-0.39, 0.29) is 12.2 Å².